The molecule has 0 spiro atoms. The summed E-state index contributed by atoms with van der Waals surface area (Å²) >= 11 is 0. The van der Waals surface area contributed by atoms with Gasteiger partial charge in [-0.05, 0) is 50.5 Å². The van der Waals surface area contributed by atoms with Gasteiger partial charge in [0.2, 0.25) is 0 Å². The Bertz CT molecular complexity index is 781. The molecule has 7 nitrogen and oxygen atoms in total. The molecule has 0 aliphatic carbocycles. The third kappa shape index (κ3) is 4.53. The summed E-state index contributed by atoms with van der Waals surface area (Å²) in [6.07, 6.45) is 1.76. The van der Waals surface area contributed by atoms with Crippen LogP contribution in [0.15, 0.2) is 35.3 Å². The fourth-order valence-electron chi connectivity index (χ4n) is 2.70. The van der Waals surface area contributed by atoms with E-state index in [-0.39, 0.29) is 18.0 Å². The lowest BCUT2D eigenvalue weighted by Crippen LogP contribution is -2.15. The number of anilines is 1. The standard InChI is InChI=1S/C18H21N5O2/c1-11-9-16(21-12(2)20-11)17(24)22-14-6-3-13(4-7-14)5-8-15-10-25-18(19)23-15/h3-4,6-7,9,15H,5,8,10H2,1-2H3,(H2,19,23)(H,22,24). The second-order valence-electron chi connectivity index (χ2n) is 6.06. The molecule has 0 saturated carbocycles. The highest BCUT2D eigenvalue weighted by molar-refractivity contribution is 6.02. The van der Waals surface area contributed by atoms with Crippen molar-refractivity contribution in [2.45, 2.75) is 32.7 Å². The fraction of sp³-hybridized carbons (Fsp3) is 0.333. The van der Waals surface area contributed by atoms with Crippen molar-refractivity contribution in [1.29, 1.82) is 0 Å². The quantitative estimate of drug-likeness (QED) is 0.867. The maximum absolute atomic E-state index is 12.3. The average molecular weight is 339 g/mol. The normalized spacial score (nSPS) is 16.2. The molecular formula is C18H21N5O2. The van der Waals surface area contributed by atoms with Crippen molar-refractivity contribution in [3.05, 3.63) is 53.1 Å². The van der Waals surface area contributed by atoms with Gasteiger partial charge in [0.1, 0.15) is 18.1 Å². The predicted molar refractivity (Wildman–Crippen MR) is 95.6 cm³/mol. The van der Waals surface area contributed by atoms with E-state index in [0.29, 0.717) is 18.1 Å². The zero-order valence-corrected chi connectivity index (χ0v) is 14.3. The van der Waals surface area contributed by atoms with E-state index in [0.717, 1.165) is 24.2 Å². The molecule has 130 valence electrons. The van der Waals surface area contributed by atoms with Crippen LogP contribution in [0.5, 0.6) is 0 Å². The van der Waals surface area contributed by atoms with Crippen molar-refractivity contribution in [3.63, 3.8) is 0 Å². The molecule has 0 fully saturated rings. The lowest BCUT2D eigenvalue weighted by molar-refractivity contribution is 0.102. The number of nitrogens with zero attached hydrogens (tertiary/aromatic N) is 3. The van der Waals surface area contributed by atoms with E-state index in [9.17, 15) is 4.79 Å². The van der Waals surface area contributed by atoms with Gasteiger partial charge in [0.25, 0.3) is 11.9 Å². The Labute approximate surface area is 146 Å². The topological polar surface area (TPSA) is 102 Å². The molecule has 1 atom stereocenters. The molecule has 1 aliphatic rings. The van der Waals surface area contributed by atoms with Gasteiger partial charge in [-0.15, -0.1) is 0 Å². The maximum Gasteiger partial charge on any atom is 0.282 e. The number of amidine groups is 1. The summed E-state index contributed by atoms with van der Waals surface area (Å²) in [5, 5.41) is 2.86. The first-order valence-electron chi connectivity index (χ1n) is 8.18. The highest BCUT2D eigenvalue weighted by Crippen LogP contribution is 2.15. The van der Waals surface area contributed by atoms with Gasteiger partial charge >= 0.3 is 0 Å². The van der Waals surface area contributed by atoms with E-state index < -0.39 is 0 Å². The van der Waals surface area contributed by atoms with Crippen LogP contribution in [-0.4, -0.2) is 34.5 Å². The first kappa shape index (κ1) is 16.9. The minimum Gasteiger partial charge on any atom is -0.463 e. The Morgan fingerprint density at radius 1 is 1.28 bits per heavy atom. The predicted octanol–water partition coefficient (Wildman–Crippen LogP) is 1.99. The summed E-state index contributed by atoms with van der Waals surface area (Å²) in [4.78, 5) is 24.8. The molecule has 2 aromatic rings. The average Bonchev–Trinajstić information content (AvgIpc) is 2.99. The molecule has 25 heavy (non-hydrogen) atoms. The van der Waals surface area contributed by atoms with Gasteiger partial charge in [-0.2, -0.15) is 0 Å². The van der Waals surface area contributed by atoms with Crippen LogP contribution in [0.2, 0.25) is 0 Å². The highest BCUT2D eigenvalue weighted by Gasteiger charge is 2.16. The summed E-state index contributed by atoms with van der Waals surface area (Å²) in [6.45, 7) is 4.16. The Hall–Kier alpha value is -2.96. The Morgan fingerprint density at radius 3 is 2.68 bits per heavy atom. The van der Waals surface area contributed by atoms with Crippen LogP contribution >= 0.6 is 0 Å². The molecule has 0 bridgehead atoms. The van der Waals surface area contributed by atoms with Gasteiger partial charge in [0.05, 0.1) is 6.04 Å². The minimum atomic E-state index is -0.241. The summed E-state index contributed by atoms with van der Waals surface area (Å²) in [5.74, 6) is 0.342. The van der Waals surface area contributed by atoms with Crippen LogP contribution in [-0.2, 0) is 11.2 Å². The lowest BCUT2D eigenvalue weighted by atomic mass is 10.1. The molecule has 3 rings (SSSR count). The van der Waals surface area contributed by atoms with E-state index in [4.69, 9.17) is 10.5 Å². The number of aliphatic imine (C=N–C) groups is 1. The number of benzene rings is 1. The third-order valence-electron chi connectivity index (χ3n) is 3.91. The number of carbonyl (C=O) groups excluding carboxylic acids is 1. The monoisotopic (exact) mass is 339 g/mol. The van der Waals surface area contributed by atoms with E-state index in [1.54, 1.807) is 13.0 Å². The number of amides is 1. The van der Waals surface area contributed by atoms with Crippen molar-refractivity contribution in [2.24, 2.45) is 10.7 Å². The van der Waals surface area contributed by atoms with E-state index in [2.05, 4.69) is 20.3 Å². The van der Waals surface area contributed by atoms with Gasteiger partial charge < -0.3 is 15.8 Å². The van der Waals surface area contributed by atoms with Gasteiger partial charge in [-0.3, -0.25) is 4.79 Å². The lowest BCUT2D eigenvalue weighted by Gasteiger charge is -2.08. The van der Waals surface area contributed by atoms with Gasteiger partial charge in [0.15, 0.2) is 0 Å². The van der Waals surface area contributed by atoms with E-state index in [1.807, 2.05) is 31.2 Å². The first-order valence-corrected chi connectivity index (χ1v) is 8.18. The largest absolute Gasteiger partial charge is 0.463 e. The zero-order valence-electron chi connectivity index (χ0n) is 14.3. The number of aromatic nitrogens is 2. The first-order chi connectivity index (χ1) is 12.0. The van der Waals surface area contributed by atoms with Gasteiger partial charge in [-0.1, -0.05) is 12.1 Å². The molecule has 1 aromatic heterocycles. The number of carbonyl (C=O) groups is 1. The molecule has 0 radical (unpaired) electrons. The van der Waals surface area contributed by atoms with Crippen molar-refractivity contribution in [1.82, 2.24) is 9.97 Å². The molecule has 1 aromatic carbocycles. The van der Waals surface area contributed by atoms with Crippen LogP contribution < -0.4 is 11.1 Å². The van der Waals surface area contributed by atoms with Crippen molar-refractivity contribution in [3.8, 4) is 0 Å². The van der Waals surface area contributed by atoms with Crippen molar-refractivity contribution >= 4 is 17.6 Å². The van der Waals surface area contributed by atoms with Crippen molar-refractivity contribution in [2.75, 3.05) is 11.9 Å². The molecule has 0 saturated heterocycles. The molecule has 3 N–H and O–H groups in total. The van der Waals surface area contributed by atoms with Crippen LogP contribution in [0.25, 0.3) is 0 Å². The number of nitrogens with one attached hydrogen (secondary N) is 1. The number of hydrogen-bond donors (Lipinski definition) is 2. The molecule has 1 amide bonds. The number of ether oxygens (including phenoxy) is 1. The van der Waals surface area contributed by atoms with Gasteiger partial charge in [0, 0.05) is 11.4 Å². The minimum absolute atomic E-state index is 0.128. The molecule has 7 heteroatoms. The summed E-state index contributed by atoms with van der Waals surface area (Å²) < 4.78 is 5.15. The number of rotatable bonds is 5. The third-order valence-corrected chi connectivity index (χ3v) is 3.91. The van der Waals surface area contributed by atoms with Gasteiger partial charge in [-0.25, -0.2) is 15.0 Å². The molecule has 1 aliphatic heterocycles. The smallest absolute Gasteiger partial charge is 0.282 e. The Kier molecular flexibility index (Phi) is 4.92. The maximum atomic E-state index is 12.3. The molecule has 2 heterocycles. The second-order valence-corrected chi connectivity index (χ2v) is 6.06. The van der Waals surface area contributed by atoms with E-state index >= 15 is 0 Å². The Balaban J connectivity index is 1.57. The number of aryl methyl sites for hydroxylation is 3. The second kappa shape index (κ2) is 7.29. The van der Waals surface area contributed by atoms with E-state index in [1.165, 1.54) is 5.56 Å². The highest BCUT2D eigenvalue weighted by atomic mass is 16.5. The summed E-state index contributed by atoms with van der Waals surface area (Å²) in [5.41, 5.74) is 8.55. The Morgan fingerprint density at radius 2 is 2.04 bits per heavy atom. The molecule has 1 unspecified atom stereocenters. The number of hydrogen-bond acceptors (Lipinski definition) is 6. The summed E-state index contributed by atoms with van der Waals surface area (Å²) in [7, 11) is 0. The van der Waals surface area contributed by atoms with Crippen LogP contribution in [0.4, 0.5) is 5.69 Å². The van der Waals surface area contributed by atoms with Crippen LogP contribution in [0.3, 0.4) is 0 Å². The SMILES string of the molecule is Cc1cc(C(=O)Nc2ccc(CCC3COC(N)=N3)cc2)nc(C)n1. The van der Waals surface area contributed by atoms with Crippen LogP contribution in [0.1, 0.15) is 34.0 Å². The zero-order chi connectivity index (χ0) is 17.8. The molecular weight excluding hydrogens is 318 g/mol. The summed E-state index contributed by atoms with van der Waals surface area (Å²) in [6, 6.07) is 9.84. The van der Waals surface area contributed by atoms with Crippen molar-refractivity contribution < 1.29 is 9.53 Å². The van der Waals surface area contributed by atoms with Crippen LogP contribution in [0, 0.1) is 13.8 Å². The number of nitrogens with two attached hydrogens (primary N) is 1. The fourth-order valence-corrected chi connectivity index (χ4v) is 2.70.